The van der Waals surface area contributed by atoms with Gasteiger partial charge in [-0.15, -0.1) is 0 Å². The van der Waals surface area contributed by atoms with Crippen molar-refractivity contribution in [2.45, 2.75) is 19.9 Å². The van der Waals surface area contributed by atoms with E-state index in [1.807, 2.05) is 0 Å². The second-order valence-corrected chi connectivity index (χ2v) is 9.89. The number of nitro groups is 1. The molecule has 2 aromatic heterocycles. The number of hydrogen-bond donors (Lipinski definition) is 0. The van der Waals surface area contributed by atoms with Crippen molar-refractivity contribution in [2.75, 3.05) is 6.61 Å². The minimum atomic E-state index is -1.03. The average molecular weight is 568 g/mol. The van der Waals surface area contributed by atoms with Crippen LogP contribution in [0.1, 0.15) is 31.2 Å². The summed E-state index contributed by atoms with van der Waals surface area (Å²) in [6, 6.07) is 11.7. The number of carbonyl (C=O) groups excluding carboxylic acids is 1. The van der Waals surface area contributed by atoms with E-state index in [0.29, 0.717) is 20.6 Å². The molecule has 5 rings (SSSR count). The topological polar surface area (TPSA) is 117 Å². The lowest BCUT2D eigenvalue weighted by Crippen LogP contribution is -2.39. The Morgan fingerprint density at radius 3 is 2.69 bits per heavy atom. The maximum atomic E-state index is 13.6. The fourth-order valence-corrected chi connectivity index (χ4v) is 5.49. The number of non-ortho nitro benzene ring substituents is 1. The average Bonchev–Trinajstić information content (AvgIpc) is 3.50. The molecular formula is C27H19ClFN3O6S. The SMILES string of the molecule is CCOC(=O)C1=C(C)N=c2s/c(=C\c3ccc(F)cc3)c(=O)n2[C@H]1c1ccc(-c2cc([N+](=O)[O-])ccc2Cl)o1. The lowest BCUT2D eigenvalue weighted by Gasteiger charge is -2.22. The molecule has 12 heteroatoms. The first-order chi connectivity index (χ1) is 18.7. The van der Waals surface area contributed by atoms with Gasteiger partial charge in [-0.25, -0.2) is 14.2 Å². The van der Waals surface area contributed by atoms with Crippen LogP contribution in [0.4, 0.5) is 10.1 Å². The van der Waals surface area contributed by atoms with Gasteiger partial charge < -0.3 is 9.15 Å². The highest BCUT2D eigenvalue weighted by Gasteiger charge is 2.35. The Bertz CT molecular complexity index is 1840. The van der Waals surface area contributed by atoms with Gasteiger partial charge in [-0.1, -0.05) is 35.1 Å². The van der Waals surface area contributed by atoms with Gasteiger partial charge in [0.2, 0.25) is 0 Å². The quantitative estimate of drug-likeness (QED) is 0.188. The molecule has 1 aliphatic rings. The van der Waals surface area contributed by atoms with Crippen LogP contribution in [0.2, 0.25) is 5.02 Å². The number of halogens is 2. The second-order valence-electron chi connectivity index (χ2n) is 8.48. The van der Waals surface area contributed by atoms with E-state index in [2.05, 4.69) is 4.99 Å². The maximum absolute atomic E-state index is 13.6. The van der Waals surface area contributed by atoms with Gasteiger partial charge in [0.1, 0.15) is 23.4 Å². The number of allylic oxidation sites excluding steroid dienone is 1. The third-order valence-corrected chi connectivity index (χ3v) is 7.32. The van der Waals surface area contributed by atoms with Crippen molar-refractivity contribution >= 4 is 40.7 Å². The summed E-state index contributed by atoms with van der Waals surface area (Å²) < 4.78 is 26.4. The number of fused-ring (bicyclic) bond motifs is 1. The van der Waals surface area contributed by atoms with Gasteiger partial charge in [-0.05, 0) is 55.8 Å². The minimum absolute atomic E-state index is 0.101. The fraction of sp³-hybridized carbons (Fsp3) is 0.148. The molecule has 39 heavy (non-hydrogen) atoms. The summed E-state index contributed by atoms with van der Waals surface area (Å²) in [6.07, 6.45) is 1.61. The number of hydrogen-bond acceptors (Lipinski definition) is 8. The van der Waals surface area contributed by atoms with Gasteiger partial charge >= 0.3 is 5.97 Å². The summed E-state index contributed by atoms with van der Waals surface area (Å²) in [5.41, 5.74) is 0.736. The fourth-order valence-electron chi connectivity index (χ4n) is 4.23. The van der Waals surface area contributed by atoms with Crippen molar-refractivity contribution in [3.05, 3.63) is 118 Å². The largest absolute Gasteiger partial charge is 0.463 e. The molecule has 4 aromatic rings. The summed E-state index contributed by atoms with van der Waals surface area (Å²) in [7, 11) is 0. The Morgan fingerprint density at radius 2 is 2.00 bits per heavy atom. The van der Waals surface area contributed by atoms with Crippen LogP contribution < -0.4 is 14.9 Å². The molecule has 1 atom stereocenters. The van der Waals surface area contributed by atoms with Gasteiger partial charge in [0.25, 0.3) is 11.2 Å². The van der Waals surface area contributed by atoms with Gasteiger partial charge in [-0.3, -0.25) is 19.5 Å². The number of benzene rings is 2. The monoisotopic (exact) mass is 567 g/mol. The highest BCUT2D eigenvalue weighted by molar-refractivity contribution is 7.07. The highest BCUT2D eigenvalue weighted by atomic mass is 35.5. The Morgan fingerprint density at radius 1 is 1.26 bits per heavy atom. The van der Waals surface area contributed by atoms with E-state index in [9.17, 15) is 24.1 Å². The predicted octanol–water partition coefficient (Wildman–Crippen LogP) is 4.76. The van der Waals surface area contributed by atoms with Crippen LogP contribution in [0.25, 0.3) is 17.4 Å². The Labute approximate surface area is 228 Å². The molecule has 9 nitrogen and oxygen atoms in total. The normalized spacial score (nSPS) is 15.2. The third kappa shape index (κ3) is 4.93. The molecule has 0 saturated carbocycles. The molecule has 0 aliphatic carbocycles. The third-order valence-electron chi connectivity index (χ3n) is 6.01. The lowest BCUT2D eigenvalue weighted by molar-refractivity contribution is -0.384. The summed E-state index contributed by atoms with van der Waals surface area (Å²) in [4.78, 5) is 42.3. The number of thiazole rings is 1. The number of ether oxygens (including phenoxy) is 1. The minimum Gasteiger partial charge on any atom is -0.463 e. The Balaban J connectivity index is 1.69. The molecule has 0 spiro atoms. The number of esters is 1. The van der Waals surface area contributed by atoms with Gasteiger partial charge in [0, 0.05) is 17.7 Å². The summed E-state index contributed by atoms with van der Waals surface area (Å²) in [5.74, 6) is -0.645. The molecule has 0 unspecified atom stereocenters. The van der Waals surface area contributed by atoms with Crippen molar-refractivity contribution < 1.29 is 23.3 Å². The van der Waals surface area contributed by atoms with E-state index in [1.165, 1.54) is 34.9 Å². The zero-order chi connectivity index (χ0) is 27.8. The zero-order valence-corrected chi connectivity index (χ0v) is 22.1. The van der Waals surface area contributed by atoms with Crippen LogP contribution in [0, 0.1) is 15.9 Å². The molecule has 0 bridgehead atoms. The van der Waals surface area contributed by atoms with Crippen LogP contribution in [0.15, 0.2) is 80.1 Å². The number of nitro benzene ring substituents is 1. The Hall–Kier alpha value is -4.35. The van der Waals surface area contributed by atoms with E-state index in [1.54, 1.807) is 44.2 Å². The standard InChI is InChI=1S/C27H19ClFN3O6S/c1-3-37-26(34)23-14(2)30-27-31(25(33)22(39-27)12-15-4-6-16(29)7-5-15)24(23)21-11-10-20(38-21)18-13-17(32(35)36)8-9-19(18)28/h4-13,24H,3H2,1-2H3/b22-12-/t24-/m0/s1. The highest BCUT2D eigenvalue weighted by Crippen LogP contribution is 2.37. The van der Waals surface area contributed by atoms with Crippen LogP contribution in [0.3, 0.4) is 0 Å². The van der Waals surface area contributed by atoms with Gasteiger partial charge in [0.05, 0.1) is 32.4 Å². The number of aromatic nitrogens is 1. The van der Waals surface area contributed by atoms with Gasteiger partial charge in [0.15, 0.2) is 4.80 Å². The number of carbonyl (C=O) groups is 1. The smallest absolute Gasteiger partial charge is 0.338 e. The van der Waals surface area contributed by atoms with E-state index < -0.39 is 28.3 Å². The van der Waals surface area contributed by atoms with E-state index in [4.69, 9.17) is 20.8 Å². The molecule has 0 N–H and O–H groups in total. The van der Waals surface area contributed by atoms with E-state index >= 15 is 0 Å². The summed E-state index contributed by atoms with van der Waals surface area (Å²) in [5, 5.41) is 11.5. The van der Waals surface area contributed by atoms with Crippen molar-refractivity contribution in [2.24, 2.45) is 4.99 Å². The van der Waals surface area contributed by atoms with Crippen molar-refractivity contribution in [1.29, 1.82) is 0 Å². The van der Waals surface area contributed by atoms with Gasteiger partial charge in [-0.2, -0.15) is 0 Å². The molecular weight excluding hydrogens is 549 g/mol. The number of nitrogens with zero attached hydrogens (tertiary/aromatic N) is 3. The molecule has 198 valence electrons. The number of rotatable bonds is 6. The second kappa shape index (κ2) is 10.4. The molecule has 1 aliphatic heterocycles. The van der Waals surface area contributed by atoms with Crippen molar-refractivity contribution in [3.8, 4) is 11.3 Å². The van der Waals surface area contributed by atoms with Crippen LogP contribution >= 0.6 is 22.9 Å². The van der Waals surface area contributed by atoms with Crippen LogP contribution in [-0.2, 0) is 9.53 Å². The first-order valence-corrected chi connectivity index (χ1v) is 12.9. The molecule has 0 amide bonds. The number of furan rings is 1. The van der Waals surface area contributed by atoms with Crippen LogP contribution in [-0.4, -0.2) is 22.1 Å². The first kappa shape index (κ1) is 26.3. The molecule has 0 radical (unpaired) electrons. The van der Waals surface area contributed by atoms with E-state index in [0.717, 1.165) is 11.3 Å². The Kier molecular flexibility index (Phi) is 7.02. The van der Waals surface area contributed by atoms with E-state index in [-0.39, 0.29) is 40.0 Å². The van der Waals surface area contributed by atoms with Crippen LogP contribution in [0.5, 0.6) is 0 Å². The molecule has 0 fully saturated rings. The summed E-state index contributed by atoms with van der Waals surface area (Å²) in [6.45, 7) is 3.40. The lowest BCUT2D eigenvalue weighted by atomic mass is 10.0. The molecule has 0 saturated heterocycles. The zero-order valence-electron chi connectivity index (χ0n) is 20.5. The van der Waals surface area contributed by atoms with Crippen molar-refractivity contribution in [3.63, 3.8) is 0 Å². The maximum Gasteiger partial charge on any atom is 0.338 e. The predicted molar refractivity (Wildman–Crippen MR) is 143 cm³/mol. The first-order valence-electron chi connectivity index (χ1n) is 11.7. The molecule has 2 aromatic carbocycles. The summed E-state index contributed by atoms with van der Waals surface area (Å²) >= 11 is 7.42. The molecule has 3 heterocycles. The van der Waals surface area contributed by atoms with Crippen molar-refractivity contribution in [1.82, 2.24) is 4.57 Å².